The number of rotatable bonds is 3. The van der Waals surface area contributed by atoms with Gasteiger partial charge in [-0.2, -0.15) is 0 Å². The lowest BCUT2D eigenvalue weighted by Crippen LogP contribution is -2.42. The number of hydrogen-bond acceptors (Lipinski definition) is 3. The summed E-state index contributed by atoms with van der Waals surface area (Å²) < 4.78 is 2.07. The molecule has 8 heteroatoms. The molecule has 5 nitrogen and oxygen atoms in total. The van der Waals surface area contributed by atoms with Crippen LogP contribution in [0.3, 0.4) is 0 Å². The van der Waals surface area contributed by atoms with E-state index in [1.807, 2.05) is 17.2 Å². The standard InChI is InChI=1S/C28H32Br2ClN3O2/c1-17(35)33-8-4-18(5-9-33)12-25(36)34-10-6-19(7-11-34)27-26-20(14-23(31)15-24(26)30)2-3-21-13-22(29)16-32-28(21)27/h13-16,18-19,27H,2-12H2,1H3. The molecule has 0 spiro atoms. The van der Waals surface area contributed by atoms with Gasteiger partial charge in [0.25, 0.3) is 0 Å². The number of nitrogens with zero attached hydrogens (tertiary/aromatic N) is 3. The van der Waals surface area contributed by atoms with Gasteiger partial charge < -0.3 is 9.80 Å². The number of piperidine rings is 2. The summed E-state index contributed by atoms with van der Waals surface area (Å²) in [6.07, 6.45) is 8.18. The third-order valence-corrected chi connectivity index (χ3v) is 9.61. The van der Waals surface area contributed by atoms with E-state index in [1.165, 1.54) is 22.4 Å². The third-order valence-electron chi connectivity index (χ3n) is 8.30. The largest absolute Gasteiger partial charge is 0.343 e. The van der Waals surface area contributed by atoms with E-state index in [1.54, 1.807) is 6.92 Å². The predicted octanol–water partition coefficient (Wildman–Crippen LogP) is 6.38. The molecule has 3 aliphatic rings. The van der Waals surface area contributed by atoms with Crippen LogP contribution in [-0.4, -0.2) is 52.8 Å². The van der Waals surface area contributed by atoms with Crippen LogP contribution >= 0.6 is 43.5 Å². The topological polar surface area (TPSA) is 53.5 Å². The van der Waals surface area contributed by atoms with Crippen LogP contribution in [0, 0.1) is 11.8 Å². The van der Waals surface area contributed by atoms with Crippen molar-refractivity contribution in [2.75, 3.05) is 26.2 Å². The van der Waals surface area contributed by atoms with Crippen molar-refractivity contribution < 1.29 is 9.59 Å². The number of halogens is 3. The molecule has 0 saturated carbocycles. The summed E-state index contributed by atoms with van der Waals surface area (Å²) in [5, 5.41) is 0.758. The van der Waals surface area contributed by atoms with Gasteiger partial charge in [-0.05, 0) is 101 Å². The zero-order valence-corrected chi connectivity index (χ0v) is 24.5. The van der Waals surface area contributed by atoms with Crippen molar-refractivity contribution >= 4 is 55.3 Å². The van der Waals surface area contributed by atoms with Crippen LogP contribution in [0.1, 0.15) is 67.3 Å². The molecule has 1 aliphatic carbocycles. The van der Waals surface area contributed by atoms with E-state index < -0.39 is 0 Å². The number of aromatic nitrogens is 1. The van der Waals surface area contributed by atoms with Crippen molar-refractivity contribution in [3.8, 4) is 0 Å². The summed E-state index contributed by atoms with van der Waals surface area (Å²) >= 11 is 13.9. The monoisotopic (exact) mass is 635 g/mol. The Kier molecular flexibility index (Phi) is 8.09. The molecule has 1 atom stereocenters. The summed E-state index contributed by atoms with van der Waals surface area (Å²) in [5.41, 5.74) is 5.07. The molecule has 3 heterocycles. The van der Waals surface area contributed by atoms with Gasteiger partial charge in [0, 0.05) is 65.6 Å². The van der Waals surface area contributed by atoms with Gasteiger partial charge >= 0.3 is 0 Å². The van der Waals surface area contributed by atoms with Crippen LogP contribution < -0.4 is 0 Å². The van der Waals surface area contributed by atoms with Crippen LogP contribution in [-0.2, 0) is 22.4 Å². The van der Waals surface area contributed by atoms with Crippen molar-refractivity contribution in [1.82, 2.24) is 14.8 Å². The lowest BCUT2D eigenvalue weighted by atomic mass is 9.76. The Morgan fingerprint density at radius 2 is 1.64 bits per heavy atom. The van der Waals surface area contributed by atoms with Gasteiger partial charge in [0.1, 0.15) is 0 Å². The molecule has 2 aliphatic heterocycles. The van der Waals surface area contributed by atoms with Gasteiger partial charge in [0.05, 0.1) is 5.69 Å². The highest BCUT2D eigenvalue weighted by molar-refractivity contribution is 9.10. The number of fused-ring (bicyclic) bond motifs is 2. The highest BCUT2D eigenvalue weighted by atomic mass is 79.9. The second kappa shape index (κ2) is 11.1. The molecule has 2 amide bonds. The predicted molar refractivity (Wildman–Crippen MR) is 149 cm³/mol. The third kappa shape index (κ3) is 5.53. The fraction of sp³-hybridized carbons (Fsp3) is 0.536. The fourth-order valence-corrected chi connectivity index (χ4v) is 7.84. The summed E-state index contributed by atoms with van der Waals surface area (Å²) in [5.74, 6) is 1.39. The number of carbonyl (C=O) groups is 2. The molecule has 2 fully saturated rings. The maximum atomic E-state index is 13.2. The average Bonchev–Trinajstić information content (AvgIpc) is 3.01. The van der Waals surface area contributed by atoms with Gasteiger partial charge in [-0.1, -0.05) is 27.5 Å². The Morgan fingerprint density at radius 3 is 2.33 bits per heavy atom. The van der Waals surface area contributed by atoms with E-state index in [9.17, 15) is 9.59 Å². The van der Waals surface area contributed by atoms with Gasteiger partial charge in [0.2, 0.25) is 11.8 Å². The fourth-order valence-electron chi connectivity index (χ4n) is 6.34. The summed E-state index contributed by atoms with van der Waals surface area (Å²) in [6.45, 7) is 4.76. The number of benzene rings is 1. The van der Waals surface area contributed by atoms with E-state index in [2.05, 4.69) is 48.9 Å². The molecular weight excluding hydrogens is 606 g/mol. The van der Waals surface area contributed by atoms with E-state index >= 15 is 0 Å². The van der Waals surface area contributed by atoms with Crippen LogP contribution in [0.4, 0.5) is 0 Å². The van der Waals surface area contributed by atoms with E-state index in [4.69, 9.17) is 16.6 Å². The summed E-state index contributed by atoms with van der Waals surface area (Å²) in [4.78, 5) is 33.7. The number of likely N-dealkylation sites (tertiary alicyclic amines) is 2. The minimum absolute atomic E-state index is 0.138. The van der Waals surface area contributed by atoms with Crippen molar-refractivity contribution in [2.45, 2.75) is 57.8 Å². The first-order chi connectivity index (χ1) is 17.3. The van der Waals surface area contributed by atoms with E-state index in [0.717, 1.165) is 78.7 Å². The van der Waals surface area contributed by atoms with E-state index in [0.29, 0.717) is 18.3 Å². The molecule has 36 heavy (non-hydrogen) atoms. The van der Waals surface area contributed by atoms with Crippen LogP contribution in [0.5, 0.6) is 0 Å². The average molecular weight is 638 g/mol. The number of carbonyl (C=O) groups excluding carboxylic acids is 2. The summed E-state index contributed by atoms with van der Waals surface area (Å²) in [7, 11) is 0. The van der Waals surface area contributed by atoms with Crippen LogP contribution in [0.15, 0.2) is 33.3 Å². The van der Waals surface area contributed by atoms with Crippen LogP contribution in [0.2, 0.25) is 5.02 Å². The maximum absolute atomic E-state index is 13.2. The van der Waals surface area contributed by atoms with Crippen molar-refractivity contribution in [2.24, 2.45) is 11.8 Å². The van der Waals surface area contributed by atoms with Crippen molar-refractivity contribution in [1.29, 1.82) is 0 Å². The molecule has 1 aromatic heterocycles. The molecule has 5 rings (SSSR count). The van der Waals surface area contributed by atoms with Crippen LogP contribution in [0.25, 0.3) is 0 Å². The van der Waals surface area contributed by atoms with Gasteiger partial charge in [-0.15, -0.1) is 0 Å². The maximum Gasteiger partial charge on any atom is 0.222 e. The Hall–Kier alpha value is -1.44. The molecule has 1 unspecified atom stereocenters. The summed E-state index contributed by atoms with van der Waals surface area (Å²) in [6, 6.07) is 6.34. The number of pyridine rings is 1. The zero-order chi connectivity index (χ0) is 25.4. The molecule has 192 valence electrons. The minimum atomic E-state index is 0.138. The SMILES string of the molecule is CC(=O)N1CCC(CC(=O)N2CCC(C3c4ncc(Br)cc4CCc4cc(Cl)cc(Br)c43)CC2)CC1. The minimum Gasteiger partial charge on any atom is -0.343 e. The molecule has 0 bridgehead atoms. The Balaban J connectivity index is 1.31. The first-order valence-corrected chi connectivity index (χ1v) is 14.9. The first kappa shape index (κ1) is 26.2. The van der Waals surface area contributed by atoms with E-state index in [-0.39, 0.29) is 17.7 Å². The number of aryl methyl sites for hydroxylation is 2. The molecule has 1 aromatic carbocycles. The first-order valence-electron chi connectivity index (χ1n) is 13.0. The molecule has 0 radical (unpaired) electrons. The molecule has 2 aromatic rings. The van der Waals surface area contributed by atoms with Gasteiger partial charge in [0.15, 0.2) is 0 Å². The van der Waals surface area contributed by atoms with Crippen molar-refractivity contribution in [3.63, 3.8) is 0 Å². The number of amides is 2. The number of hydrogen-bond donors (Lipinski definition) is 0. The van der Waals surface area contributed by atoms with Crippen molar-refractivity contribution in [3.05, 3.63) is 60.7 Å². The molecule has 0 N–H and O–H groups in total. The van der Waals surface area contributed by atoms with Gasteiger partial charge in [-0.25, -0.2) is 0 Å². The zero-order valence-electron chi connectivity index (χ0n) is 20.6. The normalized spacial score (nSPS) is 21.1. The highest BCUT2D eigenvalue weighted by Gasteiger charge is 2.36. The Labute approximate surface area is 235 Å². The quantitative estimate of drug-likeness (QED) is 0.393. The molecule has 2 saturated heterocycles. The smallest absolute Gasteiger partial charge is 0.222 e. The second-order valence-electron chi connectivity index (χ2n) is 10.5. The Bertz CT molecular complexity index is 1160. The second-order valence-corrected chi connectivity index (χ2v) is 12.7. The Morgan fingerprint density at radius 1 is 0.972 bits per heavy atom. The van der Waals surface area contributed by atoms with Gasteiger partial charge in [-0.3, -0.25) is 14.6 Å². The lowest BCUT2D eigenvalue weighted by Gasteiger charge is -2.38. The lowest BCUT2D eigenvalue weighted by molar-refractivity contribution is -0.134. The highest BCUT2D eigenvalue weighted by Crippen LogP contribution is 2.46. The molecular formula is C28H32Br2ClN3O2.